The largest absolute Gasteiger partial charge is 0.588 e. The highest BCUT2D eigenvalue weighted by Crippen LogP contribution is 2.53. The summed E-state index contributed by atoms with van der Waals surface area (Å²) in [6.07, 6.45) is -7.37. The number of ether oxygens (including phenoxy) is 7. The Labute approximate surface area is 362 Å². The third-order valence-corrected chi connectivity index (χ3v) is 11.5. The third kappa shape index (κ3) is 12.5. The molecule has 6 aromatic rings. The Morgan fingerprint density at radius 1 is 0.419 bits per heavy atom. The first-order valence-electron chi connectivity index (χ1n) is 20.2. The molecule has 7 rings (SSSR count). The lowest BCUT2D eigenvalue weighted by Crippen LogP contribution is -2.66. The predicted molar refractivity (Wildman–Crippen MR) is 232 cm³/mol. The molecular formula is C49H51O12P. The van der Waals surface area contributed by atoms with Crippen LogP contribution < -0.4 is 18.5 Å². The Bertz CT molecular complexity index is 2190. The normalized spacial score (nSPS) is 20.0. The van der Waals surface area contributed by atoms with Crippen molar-refractivity contribution in [2.75, 3.05) is 21.0 Å². The fraction of sp³-hybridized carbons (Fsp3) is 0.265. The maximum atomic E-state index is 15.2. The van der Waals surface area contributed by atoms with Crippen molar-refractivity contribution in [1.82, 2.24) is 0 Å². The molecule has 6 aromatic carbocycles. The molecular weight excluding hydrogens is 812 g/mol. The Kier molecular flexibility index (Phi) is 16.2. The quantitative estimate of drug-likeness (QED) is 0.0397. The van der Waals surface area contributed by atoms with Crippen molar-refractivity contribution in [1.29, 1.82) is 0 Å². The maximum Gasteiger partial charge on any atom is 0.588 e. The Morgan fingerprint density at radius 3 is 1.24 bits per heavy atom. The molecule has 1 saturated carbocycles. The fourth-order valence-corrected chi connectivity index (χ4v) is 8.33. The number of aliphatic hydroxyl groups excluding tert-OH is 1. The van der Waals surface area contributed by atoms with E-state index in [1.54, 1.807) is 74.9 Å². The number of phosphoric acid groups is 1. The van der Waals surface area contributed by atoms with Gasteiger partial charge in [0.2, 0.25) is 0 Å². The van der Waals surface area contributed by atoms with E-state index in [1.807, 2.05) is 109 Å². The predicted octanol–water partition coefficient (Wildman–Crippen LogP) is 9.35. The van der Waals surface area contributed by atoms with Crippen LogP contribution in [-0.4, -0.2) is 62.7 Å². The zero-order valence-corrected chi connectivity index (χ0v) is 35.4. The molecule has 0 unspecified atom stereocenters. The highest BCUT2D eigenvalue weighted by atomic mass is 31.2. The summed E-state index contributed by atoms with van der Waals surface area (Å²) < 4.78 is 77.5. The van der Waals surface area contributed by atoms with E-state index in [2.05, 4.69) is 0 Å². The number of hydrogen-bond acceptors (Lipinski definition) is 12. The van der Waals surface area contributed by atoms with Crippen LogP contribution in [0.5, 0.6) is 23.0 Å². The van der Waals surface area contributed by atoms with E-state index >= 15 is 4.57 Å². The van der Waals surface area contributed by atoms with Gasteiger partial charge in [-0.25, -0.2) is 4.57 Å². The van der Waals surface area contributed by atoms with Gasteiger partial charge in [-0.3, -0.25) is 4.52 Å². The molecule has 6 atom stereocenters. The van der Waals surface area contributed by atoms with Crippen molar-refractivity contribution in [2.24, 2.45) is 0 Å². The van der Waals surface area contributed by atoms with Crippen LogP contribution >= 0.6 is 7.82 Å². The molecule has 13 heteroatoms. The van der Waals surface area contributed by atoms with E-state index < -0.39 is 44.4 Å². The average molecular weight is 863 g/mol. The van der Waals surface area contributed by atoms with Gasteiger partial charge < -0.3 is 47.3 Å². The Balaban J connectivity index is 1.28. The van der Waals surface area contributed by atoms with E-state index in [-0.39, 0.29) is 44.7 Å². The van der Waals surface area contributed by atoms with Crippen LogP contribution in [-0.2, 0) is 59.2 Å². The molecule has 0 bridgehead atoms. The molecule has 0 spiro atoms. The molecule has 0 heterocycles. The molecule has 1 aliphatic carbocycles. The summed E-state index contributed by atoms with van der Waals surface area (Å²) >= 11 is 0. The molecule has 0 radical (unpaired) electrons. The summed E-state index contributed by atoms with van der Waals surface area (Å²) in [5.41, 5.74) is 3.36. The van der Waals surface area contributed by atoms with Crippen molar-refractivity contribution in [2.45, 2.75) is 63.1 Å². The molecule has 0 amide bonds. The number of methoxy groups -OCH3 is 2. The van der Waals surface area contributed by atoms with Gasteiger partial charge in [-0.2, -0.15) is 0 Å². The maximum absolute atomic E-state index is 15.2. The second-order valence-electron chi connectivity index (χ2n) is 14.4. The first-order valence-corrected chi connectivity index (χ1v) is 21.7. The minimum atomic E-state index is -4.65. The molecule has 1 N–H and O–H groups in total. The topological polar surface area (TPSA) is 130 Å². The summed E-state index contributed by atoms with van der Waals surface area (Å²) in [6, 6.07) is 51.1. The number of hydrogen-bond donors (Lipinski definition) is 1. The van der Waals surface area contributed by atoms with Gasteiger partial charge in [-0.05, 0) is 70.8 Å². The minimum Gasteiger partial charge on any atom is -0.497 e. The van der Waals surface area contributed by atoms with Crippen molar-refractivity contribution < 1.29 is 56.4 Å². The smallest absolute Gasteiger partial charge is 0.497 e. The van der Waals surface area contributed by atoms with Gasteiger partial charge in [0.15, 0.2) is 0 Å². The molecule has 0 aromatic heterocycles. The van der Waals surface area contributed by atoms with Crippen LogP contribution in [0.15, 0.2) is 170 Å². The van der Waals surface area contributed by atoms with Crippen LogP contribution in [0.3, 0.4) is 0 Å². The van der Waals surface area contributed by atoms with E-state index in [0.717, 1.165) is 22.3 Å². The molecule has 1 fully saturated rings. The zero-order chi connectivity index (χ0) is 43.0. The van der Waals surface area contributed by atoms with Crippen LogP contribution in [0.1, 0.15) is 22.3 Å². The van der Waals surface area contributed by atoms with Crippen molar-refractivity contribution in [3.05, 3.63) is 192 Å². The second-order valence-corrected chi connectivity index (χ2v) is 15.9. The summed E-state index contributed by atoms with van der Waals surface area (Å²) in [4.78, 5) is 0. The fourth-order valence-electron chi connectivity index (χ4n) is 6.91. The molecule has 1 aliphatic rings. The monoisotopic (exact) mass is 862 g/mol. The van der Waals surface area contributed by atoms with Crippen LogP contribution in [0.2, 0.25) is 0 Å². The first kappa shape index (κ1) is 44.5. The summed E-state index contributed by atoms with van der Waals surface area (Å²) in [6.45, 7) is 0.193. The number of aliphatic hydroxyl groups is 1. The molecule has 62 heavy (non-hydrogen) atoms. The van der Waals surface area contributed by atoms with Gasteiger partial charge in [-0.15, -0.1) is 0 Å². The number of rotatable bonds is 22. The average Bonchev–Trinajstić information content (AvgIpc) is 3.31. The molecule has 12 nitrogen and oxygen atoms in total. The van der Waals surface area contributed by atoms with Crippen molar-refractivity contribution >= 4 is 7.82 Å². The van der Waals surface area contributed by atoms with Gasteiger partial charge in [-0.1, -0.05) is 121 Å². The Hall–Kier alpha value is -5.53. The van der Waals surface area contributed by atoms with Crippen LogP contribution in [0.25, 0.3) is 0 Å². The third-order valence-electron chi connectivity index (χ3n) is 10.1. The Morgan fingerprint density at radius 2 is 0.790 bits per heavy atom. The van der Waals surface area contributed by atoms with Crippen molar-refractivity contribution in [3.63, 3.8) is 0 Å². The highest BCUT2D eigenvalue weighted by molar-refractivity contribution is 7.49. The van der Waals surface area contributed by atoms with Gasteiger partial charge in [0.1, 0.15) is 66.4 Å². The standard InChI is InChI=1S/C49H51O12P/c1-52-40-27-23-38(24-28-40)33-55-45-44(50)46(56-34-39-25-29-41(53-2)30-26-39)49(61-62(51,59-42-19-11-5-12-20-42)60-43-21-13-6-14-22-43)48(57-32-37-17-9-4-10-18-37)47(45)58-35-54-31-36-15-7-3-8-16-36/h3-30,44-50H,31-35H2,1-2H3/t44-,45-,46+,47+,48+,49-/m1/s1. The molecule has 0 aliphatic heterocycles. The van der Waals surface area contributed by atoms with Crippen LogP contribution in [0.4, 0.5) is 0 Å². The number of benzene rings is 6. The van der Waals surface area contributed by atoms with Crippen molar-refractivity contribution in [3.8, 4) is 23.0 Å². The minimum absolute atomic E-state index is 0.0112. The van der Waals surface area contributed by atoms with Gasteiger partial charge in [0.05, 0.1) is 40.6 Å². The van der Waals surface area contributed by atoms with E-state index in [1.165, 1.54) is 0 Å². The van der Waals surface area contributed by atoms with Gasteiger partial charge >= 0.3 is 7.82 Å². The van der Waals surface area contributed by atoms with Gasteiger partial charge in [0.25, 0.3) is 0 Å². The van der Waals surface area contributed by atoms with E-state index in [4.69, 9.17) is 46.7 Å². The summed E-state index contributed by atoms with van der Waals surface area (Å²) in [5, 5.41) is 12.6. The second kappa shape index (κ2) is 22.5. The highest BCUT2D eigenvalue weighted by Gasteiger charge is 2.57. The number of phosphoric ester groups is 1. The lowest BCUT2D eigenvalue weighted by Gasteiger charge is -2.48. The summed E-state index contributed by atoms with van der Waals surface area (Å²) in [5.74, 6) is 1.80. The lowest BCUT2D eigenvalue weighted by molar-refractivity contribution is -0.280. The van der Waals surface area contributed by atoms with Crippen LogP contribution in [0, 0.1) is 0 Å². The molecule has 324 valence electrons. The number of para-hydroxylation sites is 2. The zero-order valence-electron chi connectivity index (χ0n) is 34.6. The molecule has 0 saturated heterocycles. The summed E-state index contributed by atoms with van der Waals surface area (Å²) in [7, 11) is -1.46. The lowest BCUT2D eigenvalue weighted by atomic mass is 9.84. The SMILES string of the molecule is COc1ccc(CO[C@@H]2[C@@H](O)[C@H](OCc3ccc(OC)cc3)[C@@H](OP(=O)(Oc3ccccc3)Oc3ccccc3)[C@@H](OCc3ccccc3)[C@H]2OCOCc2ccccc2)cc1. The van der Waals surface area contributed by atoms with E-state index in [9.17, 15) is 5.11 Å². The van der Waals surface area contributed by atoms with E-state index in [0.29, 0.717) is 11.5 Å². The first-order chi connectivity index (χ1) is 30.4. The van der Waals surface area contributed by atoms with Gasteiger partial charge in [0, 0.05) is 0 Å².